The zero-order chi connectivity index (χ0) is 15.2. The molecule has 0 fully saturated rings. The molecule has 1 amide bonds. The number of amides is 1. The summed E-state index contributed by atoms with van der Waals surface area (Å²) < 4.78 is 18.2. The molecule has 1 heterocycles. The fourth-order valence-corrected chi connectivity index (χ4v) is 2.80. The van der Waals surface area contributed by atoms with Crippen LogP contribution in [0.5, 0.6) is 0 Å². The summed E-state index contributed by atoms with van der Waals surface area (Å²) in [6.07, 6.45) is 0. The van der Waals surface area contributed by atoms with Crippen LogP contribution in [0.2, 0.25) is 0 Å². The predicted molar refractivity (Wildman–Crippen MR) is 86.0 cm³/mol. The Bertz CT molecular complexity index is 637. The third-order valence-corrected chi connectivity index (χ3v) is 4.22. The molecule has 0 saturated heterocycles. The highest BCUT2D eigenvalue weighted by atomic mass is 127. The first kappa shape index (κ1) is 16.2. The fraction of sp³-hybridized carbons (Fsp3) is 0.250. The molecule has 2 aromatic rings. The Morgan fingerprint density at radius 1 is 1.48 bits per heavy atom. The lowest BCUT2D eigenvalue weighted by Gasteiger charge is -2.04. The number of carbonyl (C=O) groups excluding carboxylic acids is 1. The lowest BCUT2D eigenvalue weighted by atomic mass is 10.3. The standard InChI is InChI=1S/C12H12FIN4O2S/c1-15-4-5-21-12-10(17-20-18-12)11(19)16-7-2-3-8(13)9(14)6-7/h2-3,6,15H,4-5H2,1H3,(H,16,19). The maximum Gasteiger partial charge on any atom is 0.280 e. The molecule has 112 valence electrons. The smallest absolute Gasteiger partial charge is 0.280 e. The largest absolute Gasteiger partial charge is 0.320 e. The molecule has 0 spiro atoms. The minimum Gasteiger partial charge on any atom is -0.320 e. The van der Waals surface area contributed by atoms with Gasteiger partial charge in [-0.3, -0.25) is 4.79 Å². The van der Waals surface area contributed by atoms with Crippen LogP contribution in [-0.4, -0.2) is 35.6 Å². The Labute approximate surface area is 138 Å². The van der Waals surface area contributed by atoms with Gasteiger partial charge in [-0.15, -0.1) is 0 Å². The van der Waals surface area contributed by atoms with Crippen molar-refractivity contribution in [2.75, 3.05) is 24.7 Å². The monoisotopic (exact) mass is 422 g/mol. The Morgan fingerprint density at radius 2 is 2.29 bits per heavy atom. The Hall–Kier alpha value is -1.20. The molecule has 2 N–H and O–H groups in total. The lowest BCUT2D eigenvalue weighted by Crippen LogP contribution is -2.14. The highest BCUT2D eigenvalue weighted by Gasteiger charge is 2.19. The predicted octanol–water partition coefficient (Wildman–Crippen LogP) is 2.38. The van der Waals surface area contributed by atoms with Gasteiger partial charge in [-0.2, -0.15) is 0 Å². The first-order chi connectivity index (χ1) is 10.1. The number of aromatic nitrogens is 2. The van der Waals surface area contributed by atoms with Gasteiger partial charge in [0.25, 0.3) is 5.91 Å². The quantitative estimate of drug-likeness (QED) is 0.423. The minimum atomic E-state index is -0.439. The second kappa shape index (κ2) is 7.71. The number of rotatable bonds is 6. The molecule has 0 saturated carbocycles. The number of thioether (sulfide) groups is 1. The molecular weight excluding hydrogens is 410 g/mol. The Morgan fingerprint density at radius 3 is 3.00 bits per heavy atom. The van der Waals surface area contributed by atoms with E-state index in [9.17, 15) is 9.18 Å². The van der Waals surface area contributed by atoms with Gasteiger partial charge >= 0.3 is 0 Å². The van der Waals surface area contributed by atoms with E-state index in [2.05, 4.69) is 25.6 Å². The van der Waals surface area contributed by atoms with Crippen LogP contribution >= 0.6 is 34.4 Å². The van der Waals surface area contributed by atoms with Crippen molar-refractivity contribution >= 4 is 45.9 Å². The summed E-state index contributed by atoms with van der Waals surface area (Å²) in [7, 11) is 1.84. The van der Waals surface area contributed by atoms with Crippen molar-refractivity contribution in [3.05, 3.63) is 33.3 Å². The zero-order valence-electron chi connectivity index (χ0n) is 11.0. The van der Waals surface area contributed by atoms with E-state index in [0.717, 1.165) is 12.3 Å². The van der Waals surface area contributed by atoms with E-state index in [1.54, 1.807) is 0 Å². The van der Waals surface area contributed by atoms with E-state index in [1.807, 2.05) is 29.6 Å². The number of halogens is 2. The van der Waals surface area contributed by atoms with Gasteiger partial charge in [0.05, 0.1) is 3.57 Å². The molecule has 0 unspecified atom stereocenters. The van der Waals surface area contributed by atoms with Crippen molar-refractivity contribution in [3.8, 4) is 0 Å². The second-order valence-corrected chi connectivity index (χ2v) is 6.20. The minimum absolute atomic E-state index is 0.121. The molecule has 0 radical (unpaired) electrons. The first-order valence-corrected chi connectivity index (χ1v) is 8.04. The lowest BCUT2D eigenvalue weighted by molar-refractivity contribution is 0.101. The van der Waals surface area contributed by atoms with Gasteiger partial charge in [0, 0.05) is 18.0 Å². The summed E-state index contributed by atoms with van der Waals surface area (Å²) >= 11 is 3.23. The molecule has 0 bridgehead atoms. The number of hydrogen-bond acceptors (Lipinski definition) is 6. The fourth-order valence-electron chi connectivity index (χ4n) is 1.43. The summed E-state index contributed by atoms with van der Waals surface area (Å²) in [6, 6.07) is 4.31. The van der Waals surface area contributed by atoms with Crippen molar-refractivity contribution in [2.45, 2.75) is 5.03 Å². The summed E-state index contributed by atoms with van der Waals surface area (Å²) in [5.41, 5.74) is 0.607. The second-order valence-electron chi connectivity index (χ2n) is 3.95. The van der Waals surface area contributed by atoms with E-state index < -0.39 is 5.91 Å². The number of carbonyl (C=O) groups is 1. The van der Waals surface area contributed by atoms with Gasteiger partial charge in [0.1, 0.15) is 5.82 Å². The molecule has 2 rings (SSSR count). The van der Waals surface area contributed by atoms with Crippen LogP contribution in [-0.2, 0) is 0 Å². The van der Waals surface area contributed by atoms with Gasteiger partial charge in [-0.05, 0) is 58.2 Å². The molecule has 9 heteroatoms. The van der Waals surface area contributed by atoms with Gasteiger partial charge in [-0.25, -0.2) is 9.02 Å². The van der Waals surface area contributed by atoms with Gasteiger partial charge in [0.2, 0.25) is 5.69 Å². The van der Waals surface area contributed by atoms with E-state index >= 15 is 0 Å². The maximum absolute atomic E-state index is 13.2. The van der Waals surface area contributed by atoms with Crippen LogP contribution in [0.1, 0.15) is 10.5 Å². The molecular formula is C12H12FIN4O2S. The highest BCUT2D eigenvalue weighted by molar-refractivity contribution is 14.1. The van der Waals surface area contributed by atoms with E-state index in [1.165, 1.54) is 30.0 Å². The van der Waals surface area contributed by atoms with Crippen LogP contribution in [0.25, 0.3) is 0 Å². The maximum atomic E-state index is 13.2. The van der Waals surface area contributed by atoms with Crippen LogP contribution in [0, 0.1) is 9.39 Å². The molecule has 0 aliphatic heterocycles. The van der Waals surface area contributed by atoms with Crippen molar-refractivity contribution in [3.63, 3.8) is 0 Å². The number of nitrogens with one attached hydrogen (secondary N) is 2. The van der Waals surface area contributed by atoms with Gasteiger partial charge in [0.15, 0.2) is 5.03 Å². The molecule has 0 aliphatic carbocycles. The SMILES string of the molecule is CNCCSc1nonc1C(=O)Nc1ccc(F)c(I)c1. The average Bonchev–Trinajstić information content (AvgIpc) is 2.92. The number of nitrogens with zero attached hydrogens (tertiary/aromatic N) is 2. The summed E-state index contributed by atoms with van der Waals surface area (Å²) in [5.74, 6) is -0.0370. The van der Waals surface area contributed by atoms with Crippen LogP contribution < -0.4 is 10.6 Å². The Balaban J connectivity index is 2.06. The average molecular weight is 422 g/mol. The molecule has 0 aliphatic rings. The van der Waals surface area contributed by atoms with Crippen LogP contribution in [0.4, 0.5) is 10.1 Å². The first-order valence-electron chi connectivity index (χ1n) is 5.98. The van der Waals surface area contributed by atoms with Gasteiger partial charge in [-0.1, -0.05) is 11.8 Å². The number of anilines is 1. The third kappa shape index (κ3) is 4.38. The van der Waals surface area contributed by atoms with Crippen molar-refractivity contribution < 1.29 is 13.8 Å². The van der Waals surface area contributed by atoms with Crippen LogP contribution in [0.15, 0.2) is 27.9 Å². The summed E-state index contributed by atoms with van der Waals surface area (Å²) in [4.78, 5) is 12.1. The molecule has 6 nitrogen and oxygen atoms in total. The number of benzene rings is 1. The van der Waals surface area contributed by atoms with Gasteiger partial charge < -0.3 is 10.6 Å². The van der Waals surface area contributed by atoms with E-state index in [4.69, 9.17) is 0 Å². The number of hydrogen-bond donors (Lipinski definition) is 2. The van der Waals surface area contributed by atoms with E-state index in [-0.39, 0.29) is 11.5 Å². The summed E-state index contributed by atoms with van der Waals surface area (Å²) in [5, 5.41) is 13.4. The molecule has 21 heavy (non-hydrogen) atoms. The normalized spacial score (nSPS) is 10.6. The summed E-state index contributed by atoms with van der Waals surface area (Å²) in [6.45, 7) is 0.773. The topological polar surface area (TPSA) is 80.1 Å². The zero-order valence-corrected chi connectivity index (χ0v) is 14.0. The van der Waals surface area contributed by atoms with E-state index in [0.29, 0.717) is 14.3 Å². The Kier molecular flexibility index (Phi) is 5.94. The van der Waals surface area contributed by atoms with Crippen molar-refractivity contribution in [1.29, 1.82) is 0 Å². The molecule has 1 aromatic heterocycles. The third-order valence-electron chi connectivity index (χ3n) is 2.44. The highest BCUT2D eigenvalue weighted by Crippen LogP contribution is 2.21. The molecule has 0 atom stereocenters. The van der Waals surface area contributed by atoms with Crippen molar-refractivity contribution in [2.24, 2.45) is 0 Å². The van der Waals surface area contributed by atoms with Crippen molar-refractivity contribution in [1.82, 2.24) is 15.6 Å². The van der Waals surface area contributed by atoms with Crippen LogP contribution in [0.3, 0.4) is 0 Å². The molecule has 1 aromatic carbocycles.